The number of aliphatic hydroxyl groups excluding tert-OH is 3. The highest BCUT2D eigenvalue weighted by molar-refractivity contribution is 5.32. The molecule has 1 fully saturated rings. The Hall–Kier alpha value is -2.08. The van der Waals surface area contributed by atoms with Gasteiger partial charge in [0.1, 0.15) is 24.0 Å². The van der Waals surface area contributed by atoms with E-state index >= 15 is 0 Å². The van der Waals surface area contributed by atoms with Gasteiger partial charge in [0.25, 0.3) is 0 Å². The molecule has 2 rings (SSSR count). The van der Waals surface area contributed by atoms with E-state index in [2.05, 4.69) is 4.98 Å². The summed E-state index contributed by atoms with van der Waals surface area (Å²) in [6, 6.07) is 0. The molecule has 11 heteroatoms. The molecule has 2 heterocycles. The third kappa shape index (κ3) is 2.85. The van der Waals surface area contributed by atoms with Crippen LogP contribution in [0.3, 0.4) is 0 Å². The first-order valence-electron chi connectivity index (χ1n) is 5.97. The molecule has 5 N–H and O–H groups in total. The summed E-state index contributed by atoms with van der Waals surface area (Å²) in [7, 11) is 0. The number of aliphatic hydroxyl groups is 3. The van der Waals surface area contributed by atoms with Gasteiger partial charge in [0.15, 0.2) is 0 Å². The number of rotatable bonds is 4. The van der Waals surface area contributed by atoms with Crippen LogP contribution in [0.2, 0.25) is 0 Å². The zero-order valence-electron chi connectivity index (χ0n) is 10.6. The average Bonchev–Trinajstić information content (AvgIpc) is 2.65. The fourth-order valence-corrected chi connectivity index (χ4v) is 2.21. The Bertz CT molecular complexity index is 652. The average molecular weight is 303 g/mol. The summed E-state index contributed by atoms with van der Waals surface area (Å²) in [5.41, 5.74) is -3.31. The second-order valence-electron chi connectivity index (χ2n) is 4.57. The van der Waals surface area contributed by atoms with Gasteiger partial charge in [0, 0.05) is 6.42 Å². The Morgan fingerprint density at radius 3 is 2.33 bits per heavy atom. The van der Waals surface area contributed by atoms with Crippen molar-refractivity contribution in [2.24, 2.45) is 0 Å². The van der Waals surface area contributed by atoms with Crippen molar-refractivity contribution in [3.05, 3.63) is 36.6 Å². The second kappa shape index (κ2) is 5.73. The number of H-pyrrole nitrogens is 2. The molecule has 11 nitrogen and oxygen atoms in total. The molecule has 1 aromatic rings. The molecule has 1 aromatic heterocycles. The Morgan fingerprint density at radius 1 is 1.19 bits per heavy atom. The fourth-order valence-electron chi connectivity index (χ4n) is 2.21. The summed E-state index contributed by atoms with van der Waals surface area (Å²) in [5, 5.41) is 39.2. The molecule has 1 aliphatic rings. The van der Waals surface area contributed by atoms with Gasteiger partial charge in [-0.2, -0.15) is 0 Å². The first-order chi connectivity index (χ1) is 9.85. The second-order valence-corrected chi connectivity index (χ2v) is 4.57. The van der Waals surface area contributed by atoms with E-state index in [1.807, 2.05) is 0 Å². The maximum atomic E-state index is 11.4. The molecule has 1 aliphatic heterocycles. The highest BCUT2D eigenvalue weighted by atomic mass is 16.6. The van der Waals surface area contributed by atoms with Gasteiger partial charge in [-0.25, -0.2) is 4.79 Å². The zero-order valence-corrected chi connectivity index (χ0v) is 10.6. The van der Waals surface area contributed by atoms with Crippen molar-refractivity contribution in [1.29, 1.82) is 0 Å². The molecule has 0 amide bonds. The van der Waals surface area contributed by atoms with Crippen molar-refractivity contribution in [3.8, 4) is 0 Å². The van der Waals surface area contributed by atoms with E-state index in [1.54, 1.807) is 4.98 Å². The van der Waals surface area contributed by atoms with Gasteiger partial charge < -0.3 is 25.0 Å². The minimum atomic E-state index is -1.41. The van der Waals surface area contributed by atoms with Crippen LogP contribution in [-0.2, 0) is 11.2 Å². The molecule has 0 saturated carbocycles. The van der Waals surface area contributed by atoms with Crippen molar-refractivity contribution in [2.45, 2.75) is 30.8 Å². The quantitative estimate of drug-likeness (QED) is 0.288. The van der Waals surface area contributed by atoms with E-state index in [1.165, 1.54) is 0 Å². The summed E-state index contributed by atoms with van der Waals surface area (Å²) < 4.78 is 5.15. The first kappa shape index (κ1) is 15.3. The van der Waals surface area contributed by atoms with E-state index < -0.39 is 52.9 Å². The summed E-state index contributed by atoms with van der Waals surface area (Å²) in [6.45, 7) is -0.553. The molecule has 0 unspecified atom stereocenters. The van der Waals surface area contributed by atoms with Crippen LogP contribution in [0.15, 0.2) is 9.59 Å². The first-order valence-corrected chi connectivity index (χ1v) is 5.97. The van der Waals surface area contributed by atoms with Crippen LogP contribution < -0.4 is 11.2 Å². The van der Waals surface area contributed by atoms with Gasteiger partial charge >= 0.3 is 16.9 Å². The third-order valence-corrected chi connectivity index (χ3v) is 3.22. The van der Waals surface area contributed by atoms with Crippen LogP contribution >= 0.6 is 0 Å². The van der Waals surface area contributed by atoms with Crippen LogP contribution in [-0.4, -0.2) is 61.2 Å². The number of nitrogens with zero attached hydrogens (tertiary/aromatic N) is 1. The Morgan fingerprint density at radius 2 is 1.81 bits per heavy atom. The number of hydrogen-bond acceptors (Lipinski definition) is 8. The summed E-state index contributed by atoms with van der Waals surface area (Å²) in [6.07, 6.45) is -5.30. The van der Waals surface area contributed by atoms with Gasteiger partial charge in [-0.3, -0.25) is 19.9 Å². The molecule has 0 aromatic carbocycles. The van der Waals surface area contributed by atoms with Crippen LogP contribution in [0.5, 0.6) is 0 Å². The van der Waals surface area contributed by atoms with Gasteiger partial charge in [-0.15, -0.1) is 0 Å². The lowest BCUT2D eigenvalue weighted by molar-refractivity contribution is -0.387. The smallest absolute Gasteiger partial charge is 0.353 e. The van der Waals surface area contributed by atoms with E-state index in [0.717, 1.165) is 0 Å². The van der Waals surface area contributed by atoms with Gasteiger partial charge in [-0.1, -0.05) is 0 Å². The zero-order chi connectivity index (χ0) is 15.7. The molecule has 1 saturated heterocycles. The number of nitrogens with one attached hydrogen (secondary N) is 2. The van der Waals surface area contributed by atoms with Crippen molar-refractivity contribution < 1.29 is 25.0 Å². The molecular formula is C10H13N3O8. The van der Waals surface area contributed by atoms with Gasteiger partial charge in [0.2, 0.25) is 0 Å². The highest BCUT2D eigenvalue weighted by Gasteiger charge is 2.43. The lowest BCUT2D eigenvalue weighted by atomic mass is 10.0. The topological polar surface area (TPSA) is 179 Å². The van der Waals surface area contributed by atoms with Gasteiger partial charge in [-0.05, 0) is 0 Å². The number of ether oxygens (including phenoxy) is 1. The van der Waals surface area contributed by atoms with Crippen molar-refractivity contribution in [1.82, 2.24) is 9.97 Å². The lowest BCUT2D eigenvalue weighted by Gasteiger charge is -2.13. The highest BCUT2D eigenvalue weighted by Crippen LogP contribution is 2.25. The minimum Gasteiger partial charge on any atom is -0.394 e. The Labute approximate surface area is 116 Å². The maximum Gasteiger partial charge on any atom is 0.353 e. The number of hydrogen-bond donors (Lipinski definition) is 5. The van der Waals surface area contributed by atoms with Crippen molar-refractivity contribution in [3.63, 3.8) is 0 Å². The van der Waals surface area contributed by atoms with E-state index in [4.69, 9.17) is 9.84 Å². The standard InChI is InChI=1S/C10H13N3O8/c14-2-5-8(16)7(15)4(21-5)1-3-6(13(19)20)9(17)12-10(18)11-3/h4-5,7-8,14-16H,1-2H2,(H2,11,12,17,18)/t4-,5+,7-,8+/m0/s1. The van der Waals surface area contributed by atoms with Crippen LogP contribution in [0.1, 0.15) is 5.69 Å². The van der Waals surface area contributed by atoms with E-state index in [-0.39, 0.29) is 12.1 Å². The molecule has 0 spiro atoms. The lowest BCUT2D eigenvalue weighted by Crippen LogP contribution is -2.35. The molecule has 4 atom stereocenters. The Kier molecular flexibility index (Phi) is 4.18. The molecule has 0 radical (unpaired) electrons. The molecule has 116 valence electrons. The van der Waals surface area contributed by atoms with Crippen molar-refractivity contribution in [2.75, 3.05) is 6.61 Å². The van der Waals surface area contributed by atoms with Crippen LogP contribution in [0.25, 0.3) is 0 Å². The van der Waals surface area contributed by atoms with E-state index in [9.17, 15) is 29.9 Å². The maximum absolute atomic E-state index is 11.4. The third-order valence-electron chi connectivity index (χ3n) is 3.22. The monoisotopic (exact) mass is 303 g/mol. The number of aromatic nitrogens is 2. The van der Waals surface area contributed by atoms with Crippen LogP contribution in [0.4, 0.5) is 5.69 Å². The molecule has 0 bridgehead atoms. The predicted octanol–water partition coefficient (Wildman–Crippen LogP) is -3.00. The van der Waals surface area contributed by atoms with Crippen molar-refractivity contribution >= 4 is 5.69 Å². The van der Waals surface area contributed by atoms with Crippen LogP contribution in [0, 0.1) is 10.1 Å². The fraction of sp³-hybridized carbons (Fsp3) is 0.600. The van der Waals surface area contributed by atoms with E-state index in [0.29, 0.717) is 0 Å². The largest absolute Gasteiger partial charge is 0.394 e. The molecule has 0 aliphatic carbocycles. The number of nitro groups is 1. The van der Waals surface area contributed by atoms with Gasteiger partial charge in [0.05, 0.1) is 17.6 Å². The number of aromatic amines is 2. The SMILES string of the molecule is O=c1[nH]c(C[C@@H]2O[C@H](CO)[C@@H](O)[C@H]2O)c([N+](=O)[O-])c(=O)[nH]1. The summed E-state index contributed by atoms with van der Waals surface area (Å²) in [4.78, 5) is 36.4. The molecular weight excluding hydrogens is 290 g/mol. The normalized spacial score (nSPS) is 28.7. The minimum absolute atomic E-state index is 0.330. The summed E-state index contributed by atoms with van der Waals surface area (Å²) >= 11 is 0. The molecule has 21 heavy (non-hydrogen) atoms. The Balaban J connectivity index is 2.34. The summed E-state index contributed by atoms with van der Waals surface area (Å²) in [5.74, 6) is 0. The predicted molar refractivity (Wildman–Crippen MR) is 65.8 cm³/mol.